The number of carbonyl (C=O) groups excluding carboxylic acids is 1. The Morgan fingerprint density at radius 3 is 2.80 bits per heavy atom. The normalized spacial score (nSPS) is 50.8. The molecule has 0 aromatic rings. The topological polar surface area (TPSA) is 29.6 Å². The fourth-order valence-electron chi connectivity index (χ4n) is 1.52. The van der Waals surface area contributed by atoms with Gasteiger partial charge in [-0.3, -0.25) is 4.79 Å². The first kappa shape index (κ1) is 6.10. The Labute approximate surface area is 59.9 Å². The van der Waals surface area contributed by atoms with Crippen molar-refractivity contribution in [3.63, 3.8) is 0 Å². The van der Waals surface area contributed by atoms with Crippen LogP contribution in [0.2, 0.25) is 0 Å². The molecule has 2 aliphatic rings. The predicted molar refractivity (Wildman–Crippen MR) is 36.7 cm³/mol. The van der Waals surface area contributed by atoms with Crippen LogP contribution < -0.4 is 0 Å². The van der Waals surface area contributed by atoms with Crippen LogP contribution in [0.5, 0.6) is 0 Å². The quantitative estimate of drug-likeness (QED) is 0.468. The third-order valence-corrected chi connectivity index (χ3v) is 2.64. The molecule has 0 aromatic carbocycles. The minimum absolute atomic E-state index is 0.112. The van der Waals surface area contributed by atoms with E-state index in [2.05, 4.69) is 0 Å². The Morgan fingerprint density at radius 1 is 1.60 bits per heavy atom. The molecule has 0 saturated carbocycles. The van der Waals surface area contributed by atoms with E-state index in [1.54, 1.807) is 6.08 Å². The molecule has 0 spiro atoms. The van der Waals surface area contributed by atoms with Crippen LogP contribution in [0.3, 0.4) is 0 Å². The Kier molecular flexibility index (Phi) is 0.822. The number of epoxide rings is 1. The SMILES string of the molecule is CC12CC=CC(=O)C1(C)O2. The summed E-state index contributed by atoms with van der Waals surface area (Å²) >= 11 is 0. The van der Waals surface area contributed by atoms with Gasteiger partial charge in [0.05, 0.1) is 0 Å². The zero-order valence-corrected chi connectivity index (χ0v) is 6.18. The van der Waals surface area contributed by atoms with Crippen molar-refractivity contribution in [1.82, 2.24) is 0 Å². The molecule has 1 aliphatic carbocycles. The van der Waals surface area contributed by atoms with Crippen molar-refractivity contribution in [2.45, 2.75) is 31.5 Å². The molecule has 2 unspecified atom stereocenters. The lowest BCUT2D eigenvalue weighted by atomic mass is 9.85. The average Bonchev–Trinajstić information content (AvgIpc) is 2.38. The molecular formula is C8H10O2. The summed E-state index contributed by atoms with van der Waals surface area (Å²) in [5.74, 6) is 0.112. The van der Waals surface area contributed by atoms with E-state index in [1.807, 2.05) is 19.9 Å². The summed E-state index contributed by atoms with van der Waals surface area (Å²) in [7, 11) is 0. The smallest absolute Gasteiger partial charge is 0.189 e. The number of ketones is 1. The number of fused-ring (bicyclic) bond motifs is 1. The minimum Gasteiger partial charge on any atom is -0.354 e. The lowest BCUT2D eigenvalue weighted by Gasteiger charge is -2.11. The van der Waals surface area contributed by atoms with Crippen LogP contribution in [-0.2, 0) is 9.53 Å². The van der Waals surface area contributed by atoms with Crippen molar-refractivity contribution >= 4 is 5.78 Å². The monoisotopic (exact) mass is 138 g/mol. The first-order valence-electron chi connectivity index (χ1n) is 3.50. The second kappa shape index (κ2) is 1.35. The second-order valence-corrected chi connectivity index (χ2v) is 3.34. The third kappa shape index (κ3) is 0.465. The Balaban J connectivity index is 2.40. The summed E-state index contributed by atoms with van der Waals surface area (Å²) in [6.45, 7) is 3.84. The molecule has 2 rings (SSSR count). The van der Waals surface area contributed by atoms with Crippen molar-refractivity contribution in [1.29, 1.82) is 0 Å². The van der Waals surface area contributed by atoms with Crippen molar-refractivity contribution in [2.75, 3.05) is 0 Å². The Hall–Kier alpha value is -0.630. The van der Waals surface area contributed by atoms with Crippen LogP contribution in [0, 0.1) is 0 Å². The predicted octanol–water partition coefficient (Wildman–Crippen LogP) is 1.06. The Morgan fingerprint density at radius 2 is 2.30 bits per heavy atom. The van der Waals surface area contributed by atoms with Crippen molar-refractivity contribution in [3.8, 4) is 0 Å². The molecule has 0 N–H and O–H groups in total. The van der Waals surface area contributed by atoms with Gasteiger partial charge in [-0.2, -0.15) is 0 Å². The molecule has 1 heterocycles. The summed E-state index contributed by atoms with van der Waals surface area (Å²) in [5, 5.41) is 0. The van der Waals surface area contributed by atoms with Crippen LogP contribution in [0.15, 0.2) is 12.2 Å². The van der Waals surface area contributed by atoms with Gasteiger partial charge in [0.2, 0.25) is 0 Å². The minimum atomic E-state index is -0.484. The van der Waals surface area contributed by atoms with Gasteiger partial charge in [-0.05, 0) is 26.3 Å². The van der Waals surface area contributed by atoms with Gasteiger partial charge < -0.3 is 4.74 Å². The molecule has 0 bridgehead atoms. The maximum atomic E-state index is 11.2. The molecule has 0 radical (unpaired) electrons. The number of carbonyl (C=O) groups is 1. The van der Waals surface area contributed by atoms with E-state index in [0.29, 0.717) is 0 Å². The van der Waals surface area contributed by atoms with Crippen LogP contribution in [0.4, 0.5) is 0 Å². The van der Waals surface area contributed by atoms with E-state index in [9.17, 15) is 4.79 Å². The second-order valence-electron chi connectivity index (χ2n) is 3.34. The molecule has 0 amide bonds. The van der Waals surface area contributed by atoms with Gasteiger partial charge in [0, 0.05) is 0 Å². The van der Waals surface area contributed by atoms with Gasteiger partial charge in [0.25, 0.3) is 0 Å². The van der Waals surface area contributed by atoms with Gasteiger partial charge in [0.1, 0.15) is 5.60 Å². The van der Waals surface area contributed by atoms with Gasteiger partial charge in [0.15, 0.2) is 11.4 Å². The lowest BCUT2D eigenvalue weighted by molar-refractivity contribution is -0.119. The highest BCUT2D eigenvalue weighted by atomic mass is 16.6. The summed E-state index contributed by atoms with van der Waals surface area (Å²) in [6, 6.07) is 0. The number of hydrogen-bond donors (Lipinski definition) is 0. The molecule has 54 valence electrons. The van der Waals surface area contributed by atoms with Gasteiger partial charge in [-0.1, -0.05) is 6.08 Å². The molecule has 1 fully saturated rings. The fourth-order valence-corrected chi connectivity index (χ4v) is 1.52. The average molecular weight is 138 g/mol. The summed E-state index contributed by atoms with van der Waals surface area (Å²) < 4.78 is 5.35. The number of hydrogen-bond acceptors (Lipinski definition) is 2. The van der Waals surface area contributed by atoms with Crippen LogP contribution >= 0.6 is 0 Å². The van der Waals surface area contributed by atoms with Crippen LogP contribution in [-0.4, -0.2) is 17.0 Å². The molecule has 2 nitrogen and oxygen atoms in total. The first-order chi connectivity index (χ1) is 4.58. The number of rotatable bonds is 0. The first-order valence-corrected chi connectivity index (χ1v) is 3.50. The van der Waals surface area contributed by atoms with E-state index in [4.69, 9.17) is 4.74 Å². The zero-order chi connectivity index (χ0) is 7.41. The van der Waals surface area contributed by atoms with E-state index in [-0.39, 0.29) is 11.4 Å². The summed E-state index contributed by atoms with van der Waals surface area (Å²) in [5.41, 5.74) is -0.666. The molecule has 10 heavy (non-hydrogen) atoms. The molecule has 1 saturated heterocycles. The fraction of sp³-hybridized carbons (Fsp3) is 0.625. The summed E-state index contributed by atoms with van der Waals surface area (Å²) in [4.78, 5) is 11.2. The van der Waals surface area contributed by atoms with Crippen molar-refractivity contribution in [2.24, 2.45) is 0 Å². The third-order valence-electron chi connectivity index (χ3n) is 2.64. The van der Waals surface area contributed by atoms with Crippen molar-refractivity contribution in [3.05, 3.63) is 12.2 Å². The maximum absolute atomic E-state index is 11.2. The van der Waals surface area contributed by atoms with E-state index in [0.717, 1.165) is 6.42 Å². The standard InChI is InChI=1S/C8H10O2/c1-7-5-3-4-6(9)8(7,2)10-7/h3-4H,5H2,1-2H3. The Bertz CT molecular complexity index is 231. The van der Waals surface area contributed by atoms with E-state index in [1.165, 1.54) is 0 Å². The molecule has 2 atom stereocenters. The highest BCUT2D eigenvalue weighted by molar-refractivity contribution is 6.01. The molecule has 0 aromatic heterocycles. The number of ether oxygens (including phenoxy) is 1. The van der Waals surface area contributed by atoms with E-state index >= 15 is 0 Å². The lowest BCUT2D eigenvalue weighted by Crippen LogP contribution is -2.30. The van der Waals surface area contributed by atoms with Gasteiger partial charge in [-0.15, -0.1) is 0 Å². The molecule has 2 heteroatoms. The largest absolute Gasteiger partial charge is 0.354 e. The maximum Gasteiger partial charge on any atom is 0.189 e. The zero-order valence-electron chi connectivity index (χ0n) is 6.18. The summed E-state index contributed by atoms with van der Waals surface area (Å²) in [6.07, 6.45) is 4.38. The van der Waals surface area contributed by atoms with E-state index < -0.39 is 5.60 Å². The van der Waals surface area contributed by atoms with Gasteiger partial charge in [-0.25, -0.2) is 0 Å². The molecular weight excluding hydrogens is 128 g/mol. The highest BCUT2D eigenvalue weighted by Gasteiger charge is 2.67. The van der Waals surface area contributed by atoms with Crippen molar-refractivity contribution < 1.29 is 9.53 Å². The van der Waals surface area contributed by atoms with Crippen LogP contribution in [0.25, 0.3) is 0 Å². The highest BCUT2D eigenvalue weighted by Crippen LogP contribution is 2.52. The molecule has 1 aliphatic heterocycles. The van der Waals surface area contributed by atoms with Gasteiger partial charge >= 0.3 is 0 Å². The van der Waals surface area contributed by atoms with Crippen LogP contribution in [0.1, 0.15) is 20.3 Å².